The first-order valence-corrected chi connectivity index (χ1v) is 7.00. The highest BCUT2D eigenvalue weighted by molar-refractivity contribution is 5.79. The minimum absolute atomic E-state index is 0.0209. The molecule has 0 saturated carbocycles. The average molecular weight is 297 g/mol. The van der Waals surface area contributed by atoms with Crippen molar-refractivity contribution in [3.05, 3.63) is 60.2 Å². The maximum absolute atomic E-state index is 12.1. The summed E-state index contributed by atoms with van der Waals surface area (Å²) in [6.07, 6.45) is 0.591. The van der Waals surface area contributed by atoms with Gasteiger partial charge in [0.15, 0.2) is 5.96 Å². The quantitative estimate of drug-likeness (QED) is 0.383. The van der Waals surface area contributed by atoms with Crippen LogP contribution in [0.25, 0.3) is 0 Å². The molecule has 2 aromatic rings. The molecule has 2 aromatic carbocycles. The maximum Gasteiger partial charge on any atom is 0.314 e. The fourth-order valence-electron chi connectivity index (χ4n) is 2.00. The monoisotopic (exact) mass is 297 g/mol. The summed E-state index contributed by atoms with van der Waals surface area (Å²) in [5, 5.41) is 0. The molecule has 2 rings (SSSR count). The van der Waals surface area contributed by atoms with Gasteiger partial charge in [0.1, 0.15) is 5.75 Å². The van der Waals surface area contributed by atoms with Gasteiger partial charge in [-0.2, -0.15) is 0 Å². The molecule has 0 saturated heterocycles. The molecular weight excluding hydrogens is 278 g/mol. The number of ether oxygens (including phenoxy) is 1. The van der Waals surface area contributed by atoms with Crippen LogP contribution < -0.4 is 16.2 Å². The van der Waals surface area contributed by atoms with E-state index in [0.717, 1.165) is 5.56 Å². The fraction of sp³-hybridized carbons (Fsp3) is 0.176. The van der Waals surface area contributed by atoms with E-state index in [9.17, 15) is 4.79 Å². The lowest BCUT2D eigenvalue weighted by atomic mass is 10.0. The molecule has 0 radical (unpaired) electrons. The van der Waals surface area contributed by atoms with Crippen molar-refractivity contribution in [2.24, 2.45) is 22.4 Å². The van der Waals surface area contributed by atoms with Crippen molar-refractivity contribution in [1.82, 2.24) is 0 Å². The van der Waals surface area contributed by atoms with Crippen LogP contribution in [0.5, 0.6) is 5.75 Å². The first kappa shape index (κ1) is 15.6. The number of aliphatic imine (C=N–C) groups is 1. The molecule has 22 heavy (non-hydrogen) atoms. The highest BCUT2D eigenvalue weighted by Crippen LogP contribution is 2.17. The number of nitrogens with two attached hydrogens (primary N) is 2. The highest BCUT2D eigenvalue weighted by Gasteiger charge is 2.15. The Bertz CT molecular complexity index is 647. The van der Waals surface area contributed by atoms with Gasteiger partial charge in [-0.15, -0.1) is 0 Å². The van der Waals surface area contributed by atoms with Crippen molar-refractivity contribution in [1.29, 1.82) is 0 Å². The van der Waals surface area contributed by atoms with Gasteiger partial charge >= 0.3 is 5.97 Å². The highest BCUT2D eigenvalue weighted by atomic mass is 16.5. The van der Waals surface area contributed by atoms with Gasteiger partial charge in [0, 0.05) is 0 Å². The number of nitrogens with zero attached hydrogens (tertiary/aromatic N) is 1. The second kappa shape index (κ2) is 7.26. The molecule has 0 heterocycles. The van der Waals surface area contributed by atoms with Crippen molar-refractivity contribution >= 4 is 17.6 Å². The van der Waals surface area contributed by atoms with Crippen LogP contribution in [0, 0.1) is 5.92 Å². The van der Waals surface area contributed by atoms with E-state index in [0.29, 0.717) is 17.9 Å². The molecule has 0 fully saturated rings. The summed E-state index contributed by atoms with van der Waals surface area (Å²) >= 11 is 0. The van der Waals surface area contributed by atoms with Gasteiger partial charge in [0.05, 0.1) is 11.6 Å². The van der Waals surface area contributed by atoms with Gasteiger partial charge in [-0.3, -0.25) is 4.79 Å². The van der Waals surface area contributed by atoms with E-state index in [4.69, 9.17) is 16.2 Å². The van der Waals surface area contributed by atoms with Crippen LogP contribution >= 0.6 is 0 Å². The molecule has 4 N–H and O–H groups in total. The minimum Gasteiger partial charge on any atom is -0.426 e. The lowest BCUT2D eigenvalue weighted by Crippen LogP contribution is -2.21. The predicted molar refractivity (Wildman–Crippen MR) is 86.9 cm³/mol. The fourth-order valence-corrected chi connectivity index (χ4v) is 2.00. The van der Waals surface area contributed by atoms with Crippen LogP contribution in [0.15, 0.2) is 59.6 Å². The zero-order valence-electron chi connectivity index (χ0n) is 12.4. The minimum atomic E-state index is -0.250. The van der Waals surface area contributed by atoms with Crippen LogP contribution in [0.1, 0.15) is 12.5 Å². The number of hydrogen-bond acceptors (Lipinski definition) is 3. The van der Waals surface area contributed by atoms with E-state index in [1.807, 2.05) is 49.4 Å². The van der Waals surface area contributed by atoms with E-state index >= 15 is 0 Å². The van der Waals surface area contributed by atoms with Gasteiger partial charge in [0.25, 0.3) is 0 Å². The molecule has 1 atom stereocenters. The van der Waals surface area contributed by atoms with Crippen molar-refractivity contribution in [3.8, 4) is 5.75 Å². The molecule has 0 aromatic heterocycles. The molecular formula is C17H19N3O2. The Hall–Kier alpha value is -2.82. The standard InChI is InChI=1S/C17H19N3O2/c1-12(16(21)22-15-5-3-2-4-6-15)11-13-7-9-14(10-8-13)20-17(18)19/h2-10,12H,11H2,1H3,(H4,18,19,20). The molecule has 5 heteroatoms. The van der Waals surface area contributed by atoms with E-state index in [2.05, 4.69) is 4.99 Å². The number of carbonyl (C=O) groups is 1. The lowest BCUT2D eigenvalue weighted by molar-refractivity contribution is -0.138. The Morgan fingerprint density at radius 1 is 1.09 bits per heavy atom. The summed E-state index contributed by atoms with van der Waals surface area (Å²) in [6, 6.07) is 16.5. The summed E-state index contributed by atoms with van der Waals surface area (Å²) in [4.78, 5) is 16.0. The van der Waals surface area contributed by atoms with Crippen molar-refractivity contribution in [3.63, 3.8) is 0 Å². The number of para-hydroxylation sites is 1. The predicted octanol–water partition coefficient (Wildman–Crippen LogP) is 2.38. The van der Waals surface area contributed by atoms with Crippen LogP contribution in [0.3, 0.4) is 0 Å². The number of hydrogen-bond donors (Lipinski definition) is 2. The van der Waals surface area contributed by atoms with Crippen molar-refractivity contribution < 1.29 is 9.53 Å². The second-order valence-corrected chi connectivity index (χ2v) is 5.04. The lowest BCUT2D eigenvalue weighted by Gasteiger charge is -2.11. The van der Waals surface area contributed by atoms with Gasteiger partial charge < -0.3 is 16.2 Å². The van der Waals surface area contributed by atoms with Gasteiger partial charge in [0.2, 0.25) is 0 Å². The second-order valence-electron chi connectivity index (χ2n) is 5.04. The largest absolute Gasteiger partial charge is 0.426 e. The van der Waals surface area contributed by atoms with Gasteiger partial charge in [-0.05, 0) is 36.2 Å². The molecule has 0 aliphatic heterocycles. The van der Waals surface area contributed by atoms with E-state index in [1.54, 1.807) is 12.1 Å². The number of carbonyl (C=O) groups excluding carboxylic acids is 1. The summed E-state index contributed by atoms with van der Waals surface area (Å²) < 4.78 is 5.33. The Labute approximate surface area is 129 Å². The smallest absolute Gasteiger partial charge is 0.314 e. The third kappa shape index (κ3) is 4.63. The first-order chi connectivity index (χ1) is 10.5. The van der Waals surface area contributed by atoms with Crippen LogP contribution in [0.2, 0.25) is 0 Å². The average Bonchev–Trinajstić information content (AvgIpc) is 2.49. The normalized spacial score (nSPS) is 11.5. The summed E-state index contributed by atoms with van der Waals surface area (Å²) in [5.41, 5.74) is 12.3. The van der Waals surface area contributed by atoms with E-state index < -0.39 is 0 Å². The topological polar surface area (TPSA) is 90.7 Å². The number of benzene rings is 2. The van der Waals surface area contributed by atoms with Crippen molar-refractivity contribution in [2.45, 2.75) is 13.3 Å². The zero-order valence-corrected chi connectivity index (χ0v) is 12.4. The third-order valence-electron chi connectivity index (χ3n) is 3.10. The molecule has 0 aliphatic rings. The third-order valence-corrected chi connectivity index (χ3v) is 3.10. The molecule has 114 valence electrons. The molecule has 0 bridgehead atoms. The van der Waals surface area contributed by atoms with Crippen LogP contribution in [-0.2, 0) is 11.2 Å². The van der Waals surface area contributed by atoms with E-state index in [-0.39, 0.29) is 17.8 Å². The van der Waals surface area contributed by atoms with E-state index in [1.165, 1.54) is 0 Å². The molecule has 1 unspecified atom stereocenters. The first-order valence-electron chi connectivity index (χ1n) is 7.00. The van der Waals surface area contributed by atoms with Crippen LogP contribution in [0.4, 0.5) is 5.69 Å². The molecule has 0 spiro atoms. The number of guanidine groups is 1. The summed E-state index contributed by atoms with van der Waals surface area (Å²) in [5.74, 6) is 0.0867. The van der Waals surface area contributed by atoms with Gasteiger partial charge in [-0.25, -0.2) is 4.99 Å². The Balaban J connectivity index is 1.95. The van der Waals surface area contributed by atoms with Gasteiger partial charge in [-0.1, -0.05) is 37.3 Å². The Kier molecular flexibility index (Phi) is 5.14. The molecule has 0 aliphatic carbocycles. The Morgan fingerprint density at radius 3 is 2.32 bits per heavy atom. The number of rotatable bonds is 5. The molecule has 5 nitrogen and oxygen atoms in total. The zero-order chi connectivity index (χ0) is 15.9. The summed E-state index contributed by atoms with van der Waals surface area (Å²) in [7, 11) is 0. The van der Waals surface area contributed by atoms with Crippen molar-refractivity contribution in [2.75, 3.05) is 0 Å². The summed E-state index contributed by atoms with van der Waals surface area (Å²) in [6.45, 7) is 1.84. The molecule has 0 amide bonds. The Morgan fingerprint density at radius 2 is 1.73 bits per heavy atom. The number of esters is 1. The SMILES string of the molecule is CC(Cc1ccc(N=C(N)N)cc1)C(=O)Oc1ccccc1. The maximum atomic E-state index is 12.1. The van der Waals surface area contributed by atoms with Crippen LogP contribution in [-0.4, -0.2) is 11.9 Å².